The van der Waals surface area contributed by atoms with Crippen LogP contribution in [0.4, 0.5) is 5.69 Å². The highest BCUT2D eigenvalue weighted by molar-refractivity contribution is 5.95. The molecule has 0 saturated heterocycles. The molecule has 6 nitrogen and oxygen atoms in total. The average Bonchev–Trinajstić information content (AvgIpc) is 3.04. The molecular formula is C19H19NO5. The molecule has 1 heterocycles. The molecule has 25 heavy (non-hydrogen) atoms. The predicted octanol–water partition coefficient (Wildman–Crippen LogP) is 2.83. The normalized spacial score (nSPS) is 16.5. The maximum atomic E-state index is 12.4. The van der Waals surface area contributed by atoms with E-state index >= 15 is 0 Å². The zero-order valence-electron chi connectivity index (χ0n) is 14.0. The van der Waals surface area contributed by atoms with Gasteiger partial charge in [-0.05, 0) is 42.8 Å². The summed E-state index contributed by atoms with van der Waals surface area (Å²) in [5, 5.41) is 11.8. The van der Waals surface area contributed by atoms with Crippen LogP contribution in [0.15, 0.2) is 42.5 Å². The van der Waals surface area contributed by atoms with Gasteiger partial charge in [-0.15, -0.1) is 0 Å². The molecule has 0 aromatic heterocycles. The van der Waals surface area contributed by atoms with Gasteiger partial charge in [0, 0.05) is 17.7 Å². The highest BCUT2D eigenvalue weighted by Crippen LogP contribution is 2.32. The van der Waals surface area contributed by atoms with Gasteiger partial charge in [0.05, 0.1) is 13.0 Å². The van der Waals surface area contributed by atoms with Crippen LogP contribution in [0.2, 0.25) is 0 Å². The van der Waals surface area contributed by atoms with Crippen molar-refractivity contribution in [3.8, 4) is 11.5 Å². The van der Waals surface area contributed by atoms with E-state index in [0.717, 1.165) is 11.3 Å². The molecule has 1 aliphatic heterocycles. The van der Waals surface area contributed by atoms with Gasteiger partial charge in [-0.2, -0.15) is 0 Å². The summed E-state index contributed by atoms with van der Waals surface area (Å²) in [4.78, 5) is 23.4. The molecule has 3 rings (SSSR count). The number of fused-ring (bicyclic) bond motifs is 1. The molecule has 0 aliphatic carbocycles. The van der Waals surface area contributed by atoms with E-state index < -0.39 is 18.0 Å². The molecule has 6 heteroatoms. The summed E-state index contributed by atoms with van der Waals surface area (Å²) in [6, 6.07) is 12.2. The van der Waals surface area contributed by atoms with Crippen molar-refractivity contribution in [2.75, 3.05) is 12.4 Å². The third-order valence-corrected chi connectivity index (χ3v) is 4.28. The van der Waals surface area contributed by atoms with Crippen LogP contribution in [-0.2, 0) is 16.0 Å². The fourth-order valence-corrected chi connectivity index (χ4v) is 2.72. The second-order valence-electron chi connectivity index (χ2n) is 5.96. The number of rotatable bonds is 5. The summed E-state index contributed by atoms with van der Waals surface area (Å²) >= 11 is 0. The van der Waals surface area contributed by atoms with Crippen molar-refractivity contribution in [1.29, 1.82) is 0 Å². The number of benzene rings is 2. The van der Waals surface area contributed by atoms with Gasteiger partial charge in [0.15, 0.2) is 6.10 Å². The van der Waals surface area contributed by atoms with Crippen molar-refractivity contribution in [3.63, 3.8) is 0 Å². The summed E-state index contributed by atoms with van der Waals surface area (Å²) in [6.45, 7) is 1.62. The van der Waals surface area contributed by atoms with E-state index in [2.05, 4.69) is 5.32 Å². The molecule has 2 aromatic carbocycles. The van der Waals surface area contributed by atoms with Crippen LogP contribution in [0, 0.1) is 0 Å². The number of hydrogen-bond acceptors (Lipinski definition) is 4. The smallest absolute Gasteiger partial charge is 0.310 e. The third-order valence-electron chi connectivity index (χ3n) is 4.28. The Balaban J connectivity index is 1.64. The maximum absolute atomic E-state index is 12.4. The first-order valence-electron chi connectivity index (χ1n) is 7.95. The Kier molecular flexibility index (Phi) is 4.61. The van der Waals surface area contributed by atoms with Crippen molar-refractivity contribution in [2.45, 2.75) is 25.4 Å². The fourth-order valence-electron chi connectivity index (χ4n) is 2.72. The molecule has 0 spiro atoms. The maximum Gasteiger partial charge on any atom is 0.310 e. The zero-order chi connectivity index (χ0) is 18.0. The minimum atomic E-state index is -0.885. The second-order valence-corrected chi connectivity index (χ2v) is 5.96. The minimum Gasteiger partial charge on any atom is -0.497 e. The molecule has 1 aliphatic rings. The molecule has 2 aromatic rings. The number of carbonyl (C=O) groups is 2. The highest BCUT2D eigenvalue weighted by Gasteiger charge is 2.29. The van der Waals surface area contributed by atoms with Crippen LogP contribution in [0.5, 0.6) is 11.5 Å². The molecule has 1 amide bonds. The largest absolute Gasteiger partial charge is 0.497 e. The molecule has 130 valence electrons. The van der Waals surface area contributed by atoms with Gasteiger partial charge in [-0.3, -0.25) is 9.59 Å². The van der Waals surface area contributed by atoms with E-state index in [4.69, 9.17) is 14.6 Å². The lowest BCUT2D eigenvalue weighted by Gasteiger charge is -2.12. The van der Waals surface area contributed by atoms with Gasteiger partial charge >= 0.3 is 5.97 Å². The number of amides is 1. The van der Waals surface area contributed by atoms with E-state index in [1.54, 1.807) is 50.4 Å². The third kappa shape index (κ3) is 3.57. The summed E-state index contributed by atoms with van der Waals surface area (Å²) in [5.41, 5.74) is 2.22. The molecule has 2 N–H and O–H groups in total. The van der Waals surface area contributed by atoms with Crippen LogP contribution < -0.4 is 14.8 Å². The number of carbonyl (C=O) groups excluding carboxylic acids is 1. The van der Waals surface area contributed by atoms with Crippen molar-refractivity contribution < 1.29 is 24.2 Å². The summed E-state index contributed by atoms with van der Waals surface area (Å²) in [5.74, 6) is -0.302. The number of nitrogens with one attached hydrogen (secondary N) is 1. The van der Waals surface area contributed by atoms with Crippen LogP contribution in [-0.4, -0.2) is 30.2 Å². The topological polar surface area (TPSA) is 84.9 Å². The Morgan fingerprint density at radius 1 is 1.24 bits per heavy atom. The molecular weight excluding hydrogens is 322 g/mol. The number of carboxylic acids is 1. The Morgan fingerprint density at radius 3 is 2.60 bits per heavy atom. The van der Waals surface area contributed by atoms with E-state index in [-0.39, 0.29) is 5.91 Å². The van der Waals surface area contributed by atoms with Crippen LogP contribution >= 0.6 is 0 Å². The number of hydrogen-bond donors (Lipinski definition) is 2. The summed E-state index contributed by atoms with van der Waals surface area (Å²) in [7, 11) is 1.59. The predicted molar refractivity (Wildman–Crippen MR) is 92.2 cm³/mol. The van der Waals surface area contributed by atoms with Crippen molar-refractivity contribution in [1.82, 2.24) is 0 Å². The minimum absolute atomic E-state index is 0.241. The van der Waals surface area contributed by atoms with Crippen molar-refractivity contribution in [2.24, 2.45) is 0 Å². The first-order chi connectivity index (χ1) is 12.0. The highest BCUT2D eigenvalue weighted by atomic mass is 16.5. The number of anilines is 1. The monoisotopic (exact) mass is 341 g/mol. The molecule has 2 unspecified atom stereocenters. The lowest BCUT2D eigenvalue weighted by Crippen LogP contribution is -2.31. The van der Waals surface area contributed by atoms with Crippen LogP contribution in [0.1, 0.15) is 24.0 Å². The van der Waals surface area contributed by atoms with E-state index in [9.17, 15) is 9.59 Å². The Bertz CT molecular complexity index is 800. The quantitative estimate of drug-likeness (QED) is 0.873. The van der Waals surface area contributed by atoms with Gasteiger partial charge in [-0.1, -0.05) is 12.1 Å². The standard InChI is InChI=1S/C19H19NO5/c1-11(19(22)23)12-3-5-14(6-4-12)20-18(21)17-10-13-9-15(24-2)7-8-16(13)25-17/h3-9,11,17H,10H2,1-2H3,(H,20,21)(H,22,23). The fraction of sp³-hybridized carbons (Fsp3) is 0.263. The molecule has 0 saturated carbocycles. The van der Waals surface area contributed by atoms with Gasteiger partial charge in [0.1, 0.15) is 11.5 Å². The first kappa shape index (κ1) is 16.8. The zero-order valence-corrected chi connectivity index (χ0v) is 14.0. The Morgan fingerprint density at radius 2 is 1.96 bits per heavy atom. The van der Waals surface area contributed by atoms with Crippen LogP contribution in [0.25, 0.3) is 0 Å². The molecule has 0 fully saturated rings. The Hall–Kier alpha value is -3.02. The molecule has 0 bridgehead atoms. The Labute approximate surface area is 145 Å². The second kappa shape index (κ2) is 6.84. The number of methoxy groups -OCH3 is 1. The first-order valence-corrected chi connectivity index (χ1v) is 7.95. The van der Waals surface area contributed by atoms with Gasteiger partial charge < -0.3 is 19.9 Å². The summed E-state index contributed by atoms with van der Waals surface area (Å²) < 4.78 is 10.9. The van der Waals surface area contributed by atoms with Crippen molar-refractivity contribution >= 4 is 17.6 Å². The van der Waals surface area contributed by atoms with Gasteiger partial charge in [-0.25, -0.2) is 0 Å². The average molecular weight is 341 g/mol. The molecule has 2 atom stereocenters. The van der Waals surface area contributed by atoms with E-state index in [1.807, 2.05) is 6.07 Å². The van der Waals surface area contributed by atoms with Gasteiger partial charge in [0.25, 0.3) is 5.91 Å². The number of ether oxygens (including phenoxy) is 2. The SMILES string of the molecule is COc1ccc2c(c1)CC(C(=O)Nc1ccc(C(C)C(=O)O)cc1)O2. The number of aliphatic carboxylic acids is 1. The summed E-state index contributed by atoms with van der Waals surface area (Å²) in [6.07, 6.45) is -0.119. The number of carboxylic acid groups (broad SMARTS) is 1. The van der Waals surface area contributed by atoms with Crippen molar-refractivity contribution in [3.05, 3.63) is 53.6 Å². The lowest BCUT2D eigenvalue weighted by atomic mass is 10.0. The van der Waals surface area contributed by atoms with E-state index in [0.29, 0.717) is 23.4 Å². The lowest BCUT2D eigenvalue weighted by molar-refractivity contribution is -0.138. The van der Waals surface area contributed by atoms with E-state index in [1.165, 1.54) is 0 Å². The van der Waals surface area contributed by atoms with Gasteiger partial charge in [0.2, 0.25) is 0 Å². The molecule has 0 radical (unpaired) electrons. The van der Waals surface area contributed by atoms with Crippen LogP contribution in [0.3, 0.4) is 0 Å².